The van der Waals surface area contributed by atoms with Crippen molar-refractivity contribution in [1.82, 2.24) is 4.90 Å². The summed E-state index contributed by atoms with van der Waals surface area (Å²) in [6.45, 7) is 9.45. The minimum Gasteiger partial charge on any atom is -0.480 e. The molecule has 0 aliphatic heterocycles. The third kappa shape index (κ3) is 2.69. The van der Waals surface area contributed by atoms with Crippen LogP contribution in [0.3, 0.4) is 0 Å². The van der Waals surface area contributed by atoms with Gasteiger partial charge in [-0.3, -0.25) is 9.69 Å². The zero-order valence-electron chi connectivity index (χ0n) is 9.13. The maximum Gasteiger partial charge on any atom is 0.323 e. The Morgan fingerprint density at radius 2 is 1.92 bits per heavy atom. The Bertz CT molecular complexity index is 170. The molecule has 3 nitrogen and oxygen atoms in total. The maximum atomic E-state index is 11.1. The van der Waals surface area contributed by atoms with Crippen molar-refractivity contribution in [3.05, 3.63) is 0 Å². The Kier molecular flexibility index (Phi) is 4.99. The van der Waals surface area contributed by atoms with Crippen LogP contribution in [-0.2, 0) is 4.79 Å². The summed E-state index contributed by atoms with van der Waals surface area (Å²) in [5.41, 5.74) is -0.690. The summed E-state index contributed by atoms with van der Waals surface area (Å²) in [7, 11) is 0. The fraction of sp³-hybridized carbons (Fsp3) is 0.900. The van der Waals surface area contributed by atoms with Gasteiger partial charge in [0, 0.05) is 0 Å². The molecule has 0 aliphatic rings. The van der Waals surface area contributed by atoms with Crippen LogP contribution in [-0.4, -0.2) is 34.6 Å². The maximum absolute atomic E-state index is 11.1. The zero-order chi connectivity index (χ0) is 10.5. The molecule has 0 saturated heterocycles. The lowest BCUT2D eigenvalue weighted by Gasteiger charge is -2.36. The minimum absolute atomic E-state index is 0.649. The van der Waals surface area contributed by atoms with E-state index in [1.165, 1.54) is 0 Å². The molecule has 13 heavy (non-hydrogen) atoms. The quantitative estimate of drug-likeness (QED) is 0.691. The second kappa shape index (κ2) is 5.22. The first-order valence-corrected chi connectivity index (χ1v) is 5.01. The topological polar surface area (TPSA) is 40.5 Å². The molecule has 0 rings (SSSR count). The Morgan fingerprint density at radius 3 is 2.15 bits per heavy atom. The van der Waals surface area contributed by atoms with Crippen molar-refractivity contribution >= 4 is 5.97 Å². The fourth-order valence-corrected chi connectivity index (χ4v) is 1.53. The summed E-state index contributed by atoms with van der Waals surface area (Å²) in [5, 5.41) is 9.12. The average molecular weight is 187 g/mol. The van der Waals surface area contributed by atoms with Gasteiger partial charge in [0.25, 0.3) is 0 Å². The van der Waals surface area contributed by atoms with E-state index in [1.807, 2.05) is 18.7 Å². The largest absolute Gasteiger partial charge is 0.480 e. The van der Waals surface area contributed by atoms with Crippen LogP contribution in [0, 0.1) is 0 Å². The second-order valence-corrected chi connectivity index (χ2v) is 3.51. The monoisotopic (exact) mass is 187 g/mol. The second-order valence-electron chi connectivity index (χ2n) is 3.51. The first-order valence-electron chi connectivity index (χ1n) is 5.01. The Hall–Kier alpha value is -0.570. The molecule has 0 radical (unpaired) electrons. The summed E-state index contributed by atoms with van der Waals surface area (Å²) in [6, 6.07) is 0. The highest BCUT2D eigenvalue weighted by atomic mass is 16.4. The van der Waals surface area contributed by atoms with Crippen LogP contribution in [0.4, 0.5) is 0 Å². The summed E-state index contributed by atoms with van der Waals surface area (Å²) in [4.78, 5) is 13.1. The lowest BCUT2D eigenvalue weighted by Crippen LogP contribution is -2.52. The van der Waals surface area contributed by atoms with Crippen LogP contribution in [0.15, 0.2) is 0 Å². The summed E-state index contributed by atoms with van der Waals surface area (Å²) in [6.07, 6.45) is 1.65. The molecule has 3 heteroatoms. The van der Waals surface area contributed by atoms with E-state index in [0.29, 0.717) is 6.42 Å². The Labute approximate surface area is 80.7 Å². The number of carboxylic acids is 1. The smallest absolute Gasteiger partial charge is 0.323 e. The molecule has 0 aliphatic carbocycles. The van der Waals surface area contributed by atoms with Crippen molar-refractivity contribution in [2.45, 2.75) is 46.1 Å². The molecule has 0 saturated carbocycles. The van der Waals surface area contributed by atoms with Gasteiger partial charge in [0.1, 0.15) is 5.54 Å². The highest BCUT2D eigenvalue weighted by Gasteiger charge is 2.36. The molecule has 0 aromatic carbocycles. The highest BCUT2D eigenvalue weighted by Crippen LogP contribution is 2.19. The van der Waals surface area contributed by atoms with E-state index < -0.39 is 11.5 Å². The number of hydrogen-bond acceptors (Lipinski definition) is 2. The van der Waals surface area contributed by atoms with Crippen LogP contribution >= 0.6 is 0 Å². The standard InChI is InChI=1S/C10H21NO2/c1-5-8-11(7-3)10(4,6-2)9(12)13/h5-8H2,1-4H3,(H,12,13). The molecular weight excluding hydrogens is 166 g/mol. The van der Waals surface area contributed by atoms with Gasteiger partial charge in [0.05, 0.1) is 0 Å². The van der Waals surface area contributed by atoms with Gasteiger partial charge in [0.15, 0.2) is 0 Å². The summed E-state index contributed by atoms with van der Waals surface area (Å²) < 4.78 is 0. The molecule has 0 heterocycles. The van der Waals surface area contributed by atoms with Crippen molar-refractivity contribution in [2.75, 3.05) is 13.1 Å². The number of hydrogen-bond donors (Lipinski definition) is 1. The van der Waals surface area contributed by atoms with Gasteiger partial charge in [-0.05, 0) is 32.9 Å². The van der Waals surface area contributed by atoms with Gasteiger partial charge in [-0.1, -0.05) is 20.8 Å². The Balaban J connectivity index is 4.58. The lowest BCUT2D eigenvalue weighted by molar-refractivity contribution is -0.150. The fourth-order valence-electron chi connectivity index (χ4n) is 1.53. The van der Waals surface area contributed by atoms with E-state index in [9.17, 15) is 4.79 Å². The third-order valence-corrected chi connectivity index (χ3v) is 2.72. The molecule has 0 bridgehead atoms. The molecule has 0 aromatic heterocycles. The van der Waals surface area contributed by atoms with Crippen LogP contribution in [0.1, 0.15) is 40.5 Å². The van der Waals surface area contributed by atoms with E-state index in [-0.39, 0.29) is 0 Å². The van der Waals surface area contributed by atoms with Gasteiger partial charge in [-0.15, -0.1) is 0 Å². The number of rotatable bonds is 6. The molecule has 1 unspecified atom stereocenters. The van der Waals surface area contributed by atoms with Crippen molar-refractivity contribution in [3.8, 4) is 0 Å². The predicted octanol–water partition coefficient (Wildman–Crippen LogP) is 1.97. The van der Waals surface area contributed by atoms with Crippen LogP contribution in [0.2, 0.25) is 0 Å². The van der Waals surface area contributed by atoms with Gasteiger partial charge in [-0.2, -0.15) is 0 Å². The molecule has 1 N–H and O–H groups in total. The minimum atomic E-state index is -0.717. The molecule has 78 valence electrons. The van der Waals surface area contributed by atoms with Crippen LogP contribution in [0.25, 0.3) is 0 Å². The van der Waals surface area contributed by atoms with Gasteiger partial charge < -0.3 is 5.11 Å². The van der Waals surface area contributed by atoms with Gasteiger partial charge in [-0.25, -0.2) is 0 Å². The highest BCUT2D eigenvalue weighted by molar-refractivity contribution is 5.78. The van der Waals surface area contributed by atoms with Crippen molar-refractivity contribution in [3.63, 3.8) is 0 Å². The van der Waals surface area contributed by atoms with E-state index in [1.54, 1.807) is 6.92 Å². The first-order chi connectivity index (χ1) is 6.02. The third-order valence-electron chi connectivity index (χ3n) is 2.72. The van der Waals surface area contributed by atoms with Crippen LogP contribution in [0.5, 0.6) is 0 Å². The predicted molar refractivity (Wildman–Crippen MR) is 53.9 cm³/mol. The number of aliphatic carboxylic acids is 1. The molecule has 1 atom stereocenters. The van der Waals surface area contributed by atoms with E-state index >= 15 is 0 Å². The summed E-state index contributed by atoms with van der Waals surface area (Å²) in [5.74, 6) is -0.717. The SMILES string of the molecule is CCCN(CC)C(C)(CC)C(=O)O. The van der Waals surface area contributed by atoms with Crippen molar-refractivity contribution in [2.24, 2.45) is 0 Å². The van der Waals surface area contributed by atoms with Crippen molar-refractivity contribution < 1.29 is 9.90 Å². The van der Waals surface area contributed by atoms with Gasteiger partial charge in [0.2, 0.25) is 0 Å². The number of likely N-dealkylation sites (N-methyl/N-ethyl adjacent to an activating group) is 1. The first kappa shape index (κ1) is 12.4. The molecule has 0 spiro atoms. The van der Waals surface area contributed by atoms with Gasteiger partial charge >= 0.3 is 5.97 Å². The number of carboxylic acid groups (broad SMARTS) is 1. The number of carbonyl (C=O) groups is 1. The molecular formula is C10H21NO2. The number of nitrogens with zero attached hydrogens (tertiary/aromatic N) is 1. The molecule has 0 aromatic rings. The van der Waals surface area contributed by atoms with E-state index in [2.05, 4.69) is 6.92 Å². The van der Waals surface area contributed by atoms with E-state index in [0.717, 1.165) is 19.5 Å². The molecule has 0 amide bonds. The summed E-state index contributed by atoms with van der Waals surface area (Å²) >= 11 is 0. The normalized spacial score (nSPS) is 15.8. The zero-order valence-corrected chi connectivity index (χ0v) is 9.13. The lowest BCUT2D eigenvalue weighted by atomic mass is 9.96. The average Bonchev–Trinajstić information content (AvgIpc) is 2.12. The van der Waals surface area contributed by atoms with Crippen molar-refractivity contribution in [1.29, 1.82) is 0 Å². The van der Waals surface area contributed by atoms with Crippen LogP contribution < -0.4 is 0 Å². The van der Waals surface area contributed by atoms with E-state index in [4.69, 9.17) is 5.11 Å². The molecule has 0 fully saturated rings. The Morgan fingerprint density at radius 1 is 1.38 bits per heavy atom.